The Morgan fingerprint density at radius 2 is 1.50 bits per heavy atom. The van der Waals surface area contributed by atoms with Crippen molar-refractivity contribution in [2.75, 3.05) is 67.6 Å². The van der Waals surface area contributed by atoms with E-state index in [2.05, 4.69) is 20.1 Å². The van der Waals surface area contributed by atoms with Gasteiger partial charge in [-0.05, 0) is 57.2 Å². The van der Waals surface area contributed by atoms with Crippen LogP contribution in [0.1, 0.15) is 31.1 Å². The minimum Gasteiger partial charge on any atom is -0.444 e. The van der Waals surface area contributed by atoms with E-state index in [1.165, 1.54) is 0 Å². The summed E-state index contributed by atoms with van der Waals surface area (Å²) in [6, 6.07) is 11.3. The van der Waals surface area contributed by atoms with E-state index in [-0.39, 0.29) is 12.0 Å². The highest BCUT2D eigenvalue weighted by atomic mass is 16.6. The number of hydrogen-bond acceptors (Lipinski definition) is 7. The number of anilines is 3. The van der Waals surface area contributed by atoms with Crippen LogP contribution in [0.3, 0.4) is 0 Å². The molecule has 2 aliphatic rings. The largest absolute Gasteiger partial charge is 0.444 e. The molecule has 182 valence electrons. The summed E-state index contributed by atoms with van der Waals surface area (Å²) in [6.45, 7) is 11.4. The van der Waals surface area contributed by atoms with Gasteiger partial charge in [-0.2, -0.15) is 0 Å². The molecule has 1 aromatic heterocycles. The Balaban J connectivity index is 1.28. The zero-order valence-corrected chi connectivity index (χ0v) is 20.1. The number of rotatable bonds is 4. The zero-order valence-electron chi connectivity index (χ0n) is 20.1. The molecule has 4 rings (SSSR count). The quantitative estimate of drug-likeness (QED) is 0.739. The Kier molecular flexibility index (Phi) is 7.21. The van der Waals surface area contributed by atoms with Gasteiger partial charge in [0.1, 0.15) is 11.4 Å². The fraction of sp³-hybridized carbons (Fsp3) is 0.480. The Bertz CT molecular complexity index is 974. The lowest BCUT2D eigenvalue weighted by atomic mass is 10.1. The second-order valence-corrected chi connectivity index (χ2v) is 9.46. The standard InChI is InChI=1S/C25H33N5O4/c1-25(2,3)34-24(32)30-12-10-28(11-13-30)21-8-9-22(26-18-21)27-23(31)19-4-6-20(7-5-19)29-14-16-33-17-15-29/h4-9,18H,10-17H2,1-3H3,(H,26,27,31). The summed E-state index contributed by atoms with van der Waals surface area (Å²) in [5.41, 5.74) is 2.13. The number of piperazine rings is 1. The highest BCUT2D eigenvalue weighted by Crippen LogP contribution is 2.20. The van der Waals surface area contributed by atoms with Crippen molar-refractivity contribution in [3.8, 4) is 0 Å². The smallest absolute Gasteiger partial charge is 0.410 e. The molecule has 9 nitrogen and oxygen atoms in total. The Morgan fingerprint density at radius 3 is 2.09 bits per heavy atom. The maximum absolute atomic E-state index is 12.6. The molecule has 0 spiro atoms. The minimum atomic E-state index is -0.497. The topological polar surface area (TPSA) is 87.2 Å². The molecule has 1 aromatic carbocycles. The molecule has 2 fully saturated rings. The van der Waals surface area contributed by atoms with Gasteiger partial charge in [-0.3, -0.25) is 4.79 Å². The van der Waals surface area contributed by atoms with Gasteiger partial charge in [-0.25, -0.2) is 9.78 Å². The summed E-state index contributed by atoms with van der Waals surface area (Å²) in [6.07, 6.45) is 1.47. The van der Waals surface area contributed by atoms with E-state index < -0.39 is 5.60 Å². The molecule has 9 heteroatoms. The molecule has 2 amide bonds. The van der Waals surface area contributed by atoms with Crippen molar-refractivity contribution >= 4 is 29.2 Å². The van der Waals surface area contributed by atoms with E-state index in [0.717, 1.165) is 37.7 Å². The fourth-order valence-electron chi connectivity index (χ4n) is 3.95. The molecule has 1 N–H and O–H groups in total. The molecule has 0 radical (unpaired) electrons. The van der Waals surface area contributed by atoms with Crippen LogP contribution in [0.2, 0.25) is 0 Å². The van der Waals surface area contributed by atoms with Gasteiger partial charge in [-0.1, -0.05) is 0 Å². The van der Waals surface area contributed by atoms with Crippen molar-refractivity contribution in [3.63, 3.8) is 0 Å². The van der Waals surface area contributed by atoms with E-state index in [1.807, 2.05) is 51.1 Å². The predicted molar refractivity (Wildman–Crippen MR) is 132 cm³/mol. The first-order valence-corrected chi connectivity index (χ1v) is 11.7. The number of benzene rings is 1. The average Bonchev–Trinajstić information content (AvgIpc) is 2.84. The molecule has 34 heavy (non-hydrogen) atoms. The number of pyridine rings is 1. The van der Waals surface area contributed by atoms with Crippen LogP contribution in [0.15, 0.2) is 42.6 Å². The molecule has 0 atom stereocenters. The summed E-state index contributed by atoms with van der Waals surface area (Å²) in [7, 11) is 0. The highest BCUT2D eigenvalue weighted by Gasteiger charge is 2.26. The third kappa shape index (κ3) is 6.17. The number of nitrogens with one attached hydrogen (secondary N) is 1. The van der Waals surface area contributed by atoms with Gasteiger partial charge in [0.25, 0.3) is 5.91 Å². The number of morpholine rings is 1. The van der Waals surface area contributed by atoms with Crippen LogP contribution in [0.4, 0.5) is 22.0 Å². The van der Waals surface area contributed by atoms with Gasteiger partial charge in [0.2, 0.25) is 0 Å². The highest BCUT2D eigenvalue weighted by molar-refractivity contribution is 6.04. The van der Waals surface area contributed by atoms with Crippen molar-refractivity contribution in [2.45, 2.75) is 26.4 Å². The number of amides is 2. The average molecular weight is 468 g/mol. The van der Waals surface area contributed by atoms with Crippen molar-refractivity contribution in [1.82, 2.24) is 9.88 Å². The molecular formula is C25H33N5O4. The number of hydrogen-bond donors (Lipinski definition) is 1. The van der Waals surface area contributed by atoms with Gasteiger partial charge in [-0.15, -0.1) is 0 Å². The Hall–Kier alpha value is -3.33. The first kappa shape index (κ1) is 23.8. The van der Waals surface area contributed by atoms with Gasteiger partial charge in [0.15, 0.2) is 0 Å². The van der Waals surface area contributed by atoms with Crippen LogP contribution in [-0.2, 0) is 9.47 Å². The SMILES string of the molecule is CC(C)(C)OC(=O)N1CCN(c2ccc(NC(=O)c3ccc(N4CCOCC4)cc3)nc2)CC1. The van der Waals surface area contributed by atoms with Gasteiger partial charge < -0.3 is 29.5 Å². The van der Waals surface area contributed by atoms with Crippen LogP contribution in [0.5, 0.6) is 0 Å². The lowest BCUT2D eigenvalue weighted by Crippen LogP contribution is -2.50. The lowest BCUT2D eigenvalue weighted by molar-refractivity contribution is 0.0240. The molecule has 0 unspecified atom stereocenters. The molecule has 3 heterocycles. The van der Waals surface area contributed by atoms with Crippen LogP contribution < -0.4 is 15.1 Å². The molecular weight excluding hydrogens is 434 g/mol. The lowest BCUT2D eigenvalue weighted by Gasteiger charge is -2.36. The normalized spacial score (nSPS) is 16.9. The van der Waals surface area contributed by atoms with Crippen LogP contribution in [-0.4, -0.2) is 80.0 Å². The number of nitrogens with zero attached hydrogens (tertiary/aromatic N) is 4. The summed E-state index contributed by atoms with van der Waals surface area (Å²) >= 11 is 0. The number of ether oxygens (including phenoxy) is 2. The monoisotopic (exact) mass is 467 g/mol. The van der Waals surface area contributed by atoms with Gasteiger partial charge >= 0.3 is 6.09 Å². The molecule has 2 aromatic rings. The van der Waals surface area contributed by atoms with Crippen molar-refractivity contribution in [3.05, 3.63) is 48.2 Å². The second kappa shape index (κ2) is 10.3. The predicted octanol–water partition coefficient (Wildman–Crippen LogP) is 3.23. The van der Waals surface area contributed by atoms with Crippen molar-refractivity contribution in [1.29, 1.82) is 0 Å². The molecule has 0 bridgehead atoms. The molecule has 0 saturated carbocycles. The van der Waals surface area contributed by atoms with Crippen molar-refractivity contribution in [2.24, 2.45) is 0 Å². The van der Waals surface area contributed by atoms with E-state index in [0.29, 0.717) is 37.6 Å². The van der Waals surface area contributed by atoms with Crippen LogP contribution in [0.25, 0.3) is 0 Å². The Labute approximate surface area is 200 Å². The number of carbonyl (C=O) groups is 2. The third-order valence-corrected chi connectivity index (χ3v) is 5.79. The summed E-state index contributed by atoms with van der Waals surface area (Å²) < 4.78 is 10.8. The maximum Gasteiger partial charge on any atom is 0.410 e. The first-order valence-electron chi connectivity index (χ1n) is 11.7. The van der Waals surface area contributed by atoms with Gasteiger partial charge in [0.05, 0.1) is 25.1 Å². The number of aromatic nitrogens is 1. The van der Waals surface area contributed by atoms with Crippen LogP contribution >= 0.6 is 0 Å². The second-order valence-electron chi connectivity index (χ2n) is 9.46. The molecule has 2 saturated heterocycles. The van der Waals surface area contributed by atoms with Crippen molar-refractivity contribution < 1.29 is 19.1 Å². The Morgan fingerprint density at radius 1 is 0.882 bits per heavy atom. The summed E-state index contributed by atoms with van der Waals surface area (Å²) in [5, 5.41) is 2.86. The first-order chi connectivity index (χ1) is 16.3. The van der Waals surface area contributed by atoms with E-state index in [9.17, 15) is 9.59 Å². The molecule has 0 aliphatic carbocycles. The van der Waals surface area contributed by atoms with E-state index >= 15 is 0 Å². The summed E-state index contributed by atoms with van der Waals surface area (Å²) in [4.78, 5) is 35.4. The molecule has 2 aliphatic heterocycles. The van der Waals surface area contributed by atoms with Crippen LogP contribution in [0, 0.1) is 0 Å². The fourth-order valence-corrected chi connectivity index (χ4v) is 3.95. The third-order valence-electron chi connectivity index (χ3n) is 5.79. The number of carbonyl (C=O) groups excluding carboxylic acids is 2. The van der Waals surface area contributed by atoms with E-state index in [1.54, 1.807) is 17.2 Å². The van der Waals surface area contributed by atoms with Gasteiger partial charge in [0, 0.05) is 50.5 Å². The summed E-state index contributed by atoms with van der Waals surface area (Å²) in [5.74, 6) is 0.304. The zero-order chi connectivity index (χ0) is 24.1. The minimum absolute atomic E-state index is 0.195. The maximum atomic E-state index is 12.6. The van der Waals surface area contributed by atoms with E-state index in [4.69, 9.17) is 9.47 Å².